The molecule has 0 amide bonds. The summed E-state index contributed by atoms with van der Waals surface area (Å²) in [6.45, 7) is 26.0. The molecule has 4 aromatic carbocycles. The van der Waals surface area contributed by atoms with Crippen molar-refractivity contribution in [3.05, 3.63) is 141 Å². The van der Waals surface area contributed by atoms with E-state index in [-0.39, 0.29) is 29.2 Å². The van der Waals surface area contributed by atoms with Crippen LogP contribution in [0.1, 0.15) is 201 Å². The lowest BCUT2D eigenvalue weighted by atomic mass is 9.68. The predicted molar refractivity (Wildman–Crippen MR) is 279 cm³/mol. The molecule has 4 aromatic rings. The molecule has 0 unspecified atom stereocenters. The topological polar surface area (TPSA) is 79.2 Å². The van der Waals surface area contributed by atoms with Gasteiger partial charge in [0, 0.05) is 10.8 Å². The summed E-state index contributed by atoms with van der Waals surface area (Å²) in [5.41, 5.74) is 11.3. The van der Waals surface area contributed by atoms with Gasteiger partial charge in [-0.2, -0.15) is 0 Å². The van der Waals surface area contributed by atoms with Crippen LogP contribution in [0.15, 0.2) is 84.9 Å². The van der Waals surface area contributed by atoms with Crippen LogP contribution in [-0.2, 0) is 20.1 Å². The Balaban J connectivity index is 0.000000225. The number of phenolic OH excluding ortho intramolecular Hbond substituents is 1. The van der Waals surface area contributed by atoms with Crippen LogP contribution in [0.25, 0.3) is 12.2 Å². The highest BCUT2D eigenvalue weighted by Crippen LogP contribution is 2.43. The van der Waals surface area contributed by atoms with Gasteiger partial charge in [-0.1, -0.05) is 163 Å². The first-order chi connectivity index (χ1) is 31.2. The first kappa shape index (κ1) is 51.5. The van der Waals surface area contributed by atoms with E-state index in [0.717, 1.165) is 88.1 Å². The predicted octanol–water partition coefficient (Wildman–Crippen LogP) is 14.2. The van der Waals surface area contributed by atoms with Crippen LogP contribution in [0.4, 0.5) is 0 Å². The lowest BCUT2D eigenvalue weighted by Gasteiger charge is -2.34. The van der Waals surface area contributed by atoms with Crippen LogP contribution in [0.2, 0.25) is 0 Å². The number of aliphatic hydroxyl groups is 2. The number of rotatable bonds is 13. The highest BCUT2D eigenvalue weighted by molar-refractivity contribution is 6.62. The zero-order valence-electron chi connectivity index (χ0n) is 42.9. The fourth-order valence-electron chi connectivity index (χ4n) is 11.1. The Hall–Kier alpha value is -3.94. The SMILES string of the molecule is CCC(CC)(c1ccc(/C=C/C2(O)CCCCC2)c(C)c1)c1ccc(B2OC(C)(C)C(C)(C)O2)c(C)c1.CCC(CC)(c1ccc(O)c(C)c1)c1ccc(/C=C/C2(O)CCCCC2)c(C)c1. The van der Waals surface area contributed by atoms with Gasteiger partial charge in [-0.15, -0.1) is 0 Å². The molecule has 6 heteroatoms. The van der Waals surface area contributed by atoms with Crippen LogP contribution in [-0.4, -0.2) is 44.8 Å². The number of benzene rings is 4. The molecule has 1 saturated heterocycles. The van der Waals surface area contributed by atoms with Gasteiger partial charge in [0.25, 0.3) is 0 Å². The summed E-state index contributed by atoms with van der Waals surface area (Å²) in [4.78, 5) is 0. The van der Waals surface area contributed by atoms with Gasteiger partial charge >= 0.3 is 7.12 Å². The van der Waals surface area contributed by atoms with Crippen molar-refractivity contribution in [2.45, 2.75) is 206 Å². The number of aromatic hydroxyl groups is 1. The highest BCUT2D eigenvalue weighted by Gasteiger charge is 2.52. The van der Waals surface area contributed by atoms with E-state index in [1.54, 1.807) is 0 Å². The van der Waals surface area contributed by atoms with Crippen molar-refractivity contribution in [2.24, 2.45) is 0 Å². The Kier molecular flexibility index (Phi) is 16.2. The molecule has 356 valence electrons. The Bertz CT molecular complexity index is 2310. The van der Waals surface area contributed by atoms with Crippen LogP contribution >= 0.6 is 0 Å². The van der Waals surface area contributed by atoms with Gasteiger partial charge in [-0.25, -0.2) is 0 Å². The molecule has 2 saturated carbocycles. The summed E-state index contributed by atoms with van der Waals surface area (Å²) in [7, 11) is -0.344. The molecule has 7 rings (SSSR count). The van der Waals surface area contributed by atoms with E-state index in [2.05, 4.69) is 155 Å². The molecular weight excluding hydrogens is 811 g/mol. The van der Waals surface area contributed by atoms with Crippen LogP contribution in [0.3, 0.4) is 0 Å². The summed E-state index contributed by atoms with van der Waals surface area (Å²) in [5.74, 6) is 0.354. The molecule has 3 N–H and O–H groups in total. The lowest BCUT2D eigenvalue weighted by molar-refractivity contribution is 0.00578. The Morgan fingerprint density at radius 3 is 1.20 bits per heavy atom. The maximum absolute atomic E-state index is 10.9. The van der Waals surface area contributed by atoms with Crippen molar-refractivity contribution in [3.63, 3.8) is 0 Å². The Morgan fingerprint density at radius 2 is 0.848 bits per heavy atom. The van der Waals surface area contributed by atoms with Crippen LogP contribution in [0.5, 0.6) is 5.75 Å². The van der Waals surface area contributed by atoms with Crippen LogP contribution < -0.4 is 5.46 Å². The third-order valence-electron chi connectivity index (χ3n) is 16.7. The van der Waals surface area contributed by atoms with Crippen molar-refractivity contribution >= 4 is 24.7 Å². The molecule has 0 atom stereocenters. The van der Waals surface area contributed by atoms with E-state index < -0.39 is 11.2 Å². The third-order valence-corrected chi connectivity index (χ3v) is 16.7. The molecule has 5 nitrogen and oxygen atoms in total. The van der Waals surface area contributed by atoms with Crippen molar-refractivity contribution in [2.75, 3.05) is 0 Å². The second-order valence-corrected chi connectivity index (χ2v) is 21.4. The first-order valence-corrected chi connectivity index (χ1v) is 25.5. The monoisotopic (exact) mass is 895 g/mol. The average Bonchev–Trinajstić information content (AvgIpc) is 3.51. The third kappa shape index (κ3) is 10.8. The molecular formula is C60H83BO5. The van der Waals surface area contributed by atoms with Gasteiger partial charge < -0.3 is 24.6 Å². The zero-order valence-corrected chi connectivity index (χ0v) is 42.9. The minimum Gasteiger partial charge on any atom is -0.508 e. The molecule has 0 bridgehead atoms. The quantitative estimate of drug-likeness (QED) is 0.117. The number of phenols is 1. The van der Waals surface area contributed by atoms with Gasteiger partial charge in [0.15, 0.2) is 0 Å². The minimum absolute atomic E-state index is 0.0617. The Morgan fingerprint density at radius 1 is 0.500 bits per heavy atom. The maximum Gasteiger partial charge on any atom is 0.495 e. The fourth-order valence-corrected chi connectivity index (χ4v) is 11.1. The minimum atomic E-state index is -0.642. The molecule has 0 aromatic heterocycles. The van der Waals surface area contributed by atoms with E-state index >= 15 is 0 Å². The molecule has 66 heavy (non-hydrogen) atoms. The normalized spacial score (nSPS) is 19.3. The lowest BCUT2D eigenvalue weighted by Crippen LogP contribution is -2.41. The fraction of sp³-hybridized carbons (Fsp3) is 0.533. The van der Waals surface area contributed by atoms with Gasteiger partial charge in [-0.05, 0) is 168 Å². The van der Waals surface area contributed by atoms with Crippen LogP contribution in [0, 0.1) is 27.7 Å². The second-order valence-electron chi connectivity index (χ2n) is 21.4. The number of hydrogen-bond donors (Lipinski definition) is 3. The summed E-state index contributed by atoms with van der Waals surface area (Å²) >= 11 is 0. The molecule has 2 aliphatic carbocycles. The van der Waals surface area contributed by atoms with Gasteiger partial charge in [-0.3, -0.25) is 0 Å². The average molecular weight is 895 g/mol. The standard InChI is InChI=1S/C33H47BO3.C27H36O2/c1-9-33(10-2,27-15-14-26(24(3)22-27)18-21-32(35)19-12-11-13-20-32)28-16-17-29(25(4)23-28)34-36-30(5,6)31(7,8)37-34;1-5-27(6-2,24-12-13-25(28)21(4)19-24)23-11-10-22(20(3)18-23)14-17-26(29)15-8-7-9-16-26/h14-18,21-23,35H,9-13,19-20H2,1-8H3;10-14,17-19,28-29H,5-9,15-16H2,1-4H3/b21-18+;17-14+. The summed E-state index contributed by atoms with van der Waals surface area (Å²) in [6.07, 6.45) is 22.7. The summed E-state index contributed by atoms with van der Waals surface area (Å²) in [5, 5.41) is 31.7. The van der Waals surface area contributed by atoms with Crippen molar-refractivity contribution in [1.29, 1.82) is 0 Å². The largest absolute Gasteiger partial charge is 0.508 e. The molecule has 3 fully saturated rings. The van der Waals surface area contributed by atoms with E-state index in [0.29, 0.717) is 5.75 Å². The first-order valence-electron chi connectivity index (χ1n) is 25.5. The highest BCUT2D eigenvalue weighted by atomic mass is 16.7. The van der Waals surface area contributed by atoms with E-state index in [1.807, 2.05) is 25.1 Å². The van der Waals surface area contributed by atoms with Crippen molar-refractivity contribution in [3.8, 4) is 5.75 Å². The molecule has 0 radical (unpaired) electrons. The summed E-state index contributed by atoms with van der Waals surface area (Å²) in [6, 6.07) is 26.5. The molecule has 1 aliphatic heterocycles. The zero-order chi connectivity index (χ0) is 48.1. The second kappa shape index (κ2) is 20.7. The van der Waals surface area contributed by atoms with E-state index in [1.165, 1.54) is 62.9 Å². The smallest absolute Gasteiger partial charge is 0.495 e. The van der Waals surface area contributed by atoms with Crippen molar-refractivity contribution in [1.82, 2.24) is 0 Å². The maximum atomic E-state index is 10.9. The van der Waals surface area contributed by atoms with Gasteiger partial charge in [0.2, 0.25) is 0 Å². The molecule has 3 aliphatic rings. The van der Waals surface area contributed by atoms with Crippen molar-refractivity contribution < 1.29 is 24.6 Å². The van der Waals surface area contributed by atoms with E-state index in [9.17, 15) is 15.3 Å². The molecule has 0 spiro atoms. The van der Waals surface area contributed by atoms with Gasteiger partial charge in [0.05, 0.1) is 22.4 Å². The Labute approximate surface area is 400 Å². The number of aryl methyl sites for hydroxylation is 4. The summed E-state index contributed by atoms with van der Waals surface area (Å²) < 4.78 is 12.7. The van der Waals surface area contributed by atoms with Gasteiger partial charge in [0.1, 0.15) is 5.75 Å². The van der Waals surface area contributed by atoms with E-state index in [4.69, 9.17) is 9.31 Å². The molecule has 1 heterocycles. The number of hydrogen-bond acceptors (Lipinski definition) is 5.